The number of nitrogens with zero attached hydrogens (tertiary/aromatic N) is 1. The third-order valence-electron chi connectivity index (χ3n) is 6.60. The van der Waals surface area contributed by atoms with E-state index in [1.54, 1.807) is 48.5 Å². The Hall–Kier alpha value is -5.90. The van der Waals surface area contributed by atoms with Crippen molar-refractivity contribution in [3.05, 3.63) is 119 Å². The van der Waals surface area contributed by atoms with E-state index in [1.807, 2.05) is 55.5 Å². The van der Waals surface area contributed by atoms with Crippen LogP contribution in [-0.2, 0) is 21.0 Å². The fraction of sp³-hybridized carbons (Fsp3) is 0.118. The molecule has 1 aliphatic rings. The van der Waals surface area contributed by atoms with E-state index in [0.717, 1.165) is 16.0 Å². The summed E-state index contributed by atoms with van der Waals surface area (Å²) in [5, 5.41) is 4.98. The molecule has 0 atom stereocenters. The van der Waals surface area contributed by atoms with Gasteiger partial charge in [0.1, 0.15) is 17.9 Å². The summed E-state index contributed by atoms with van der Waals surface area (Å²) in [6.45, 7) is 2.02. The van der Waals surface area contributed by atoms with Gasteiger partial charge in [-0.25, -0.2) is 9.69 Å². The zero-order valence-corrected chi connectivity index (χ0v) is 24.0. The number of benzene rings is 4. The van der Waals surface area contributed by atoms with Gasteiger partial charge in [-0.1, -0.05) is 48.5 Å². The van der Waals surface area contributed by atoms with Crippen LogP contribution < -0.4 is 29.7 Å². The molecule has 0 unspecified atom stereocenters. The van der Waals surface area contributed by atoms with E-state index in [1.165, 1.54) is 13.2 Å². The lowest BCUT2D eigenvalue weighted by atomic mass is 10.1. The highest BCUT2D eigenvalue weighted by molar-refractivity contribution is 6.39. The number of aryl methyl sites for hydroxylation is 1. The summed E-state index contributed by atoms with van der Waals surface area (Å²) < 4.78 is 16.9. The molecule has 0 spiro atoms. The lowest BCUT2D eigenvalue weighted by molar-refractivity contribution is -0.122. The average molecular weight is 592 g/mol. The molecular formula is C34H29N3O7. The van der Waals surface area contributed by atoms with Crippen LogP contribution in [0.5, 0.6) is 17.2 Å². The molecule has 44 heavy (non-hydrogen) atoms. The van der Waals surface area contributed by atoms with Crippen molar-refractivity contribution < 1.29 is 33.4 Å². The van der Waals surface area contributed by atoms with Crippen molar-refractivity contribution in [2.75, 3.05) is 23.9 Å². The van der Waals surface area contributed by atoms with E-state index in [0.29, 0.717) is 29.4 Å². The molecule has 10 heteroatoms. The van der Waals surface area contributed by atoms with Gasteiger partial charge >= 0.3 is 6.03 Å². The number of hydrogen-bond donors (Lipinski definition) is 2. The number of anilines is 2. The second-order valence-corrected chi connectivity index (χ2v) is 9.84. The SMILES string of the molecule is COc1cc(/C=C2/C(=O)NC(=O)N(c3ccc(OCc4ccccc4)cc3)C2=O)ccc1OCC(=O)Nc1cccc(C)c1. The largest absolute Gasteiger partial charge is 0.493 e. The molecule has 2 N–H and O–H groups in total. The van der Waals surface area contributed by atoms with E-state index in [-0.39, 0.29) is 29.5 Å². The second kappa shape index (κ2) is 13.4. The van der Waals surface area contributed by atoms with E-state index < -0.39 is 17.8 Å². The Morgan fingerprint density at radius 3 is 2.36 bits per heavy atom. The number of urea groups is 1. The van der Waals surface area contributed by atoms with Crippen molar-refractivity contribution in [2.45, 2.75) is 13.5 Å². The summed E-state index contributed by atoms with van der Waals surface area (Å²) in [5.74, 6) is -0.842. The monoisotopic (exact) mass is 591 g/mol. The van der Waals surface area contributed by atoms with Crippen LogP contribution in [-0.4, -0.2) is 37.5 Å². The third-order valence-corrected chi connectivity index (χ3v) is 6.60. The number of barbiturate groups is 1. The number of rotatable bonds is 10. The van der Waals surface area contributed by atoms with Gasteiger partial charge in [0.05, 0.1) is 12.8 Å². The Labute approximate surface area is 253 Å². The number of carbonyl (C=O) groups is 4. The molecule has 0 bridgehead atoms. The zero-order valence-electron chi connectivity index (χ0n) is 24.0. The number of amides is 5. The quantitative estimate of drug-likeness (QED) is 0.190. The first kappa shape index (κ1) is 29.6. The molecule has 4 aromatic carbocycles. The average Bonchev–Trinajstić information content (AvgIpc) is 3.02. The first-order valence-corrected chi connectivity index (χ1v) is 13.7. The molecule has 0 radical (unpaired) electrons. The summed E-state index contributed by atoms with van der Waals surface area (Å²) >= 11 is 0. The van der Waals surface area contributed by atoms with Gasteiger partial charge < -0.3 is 19.5 Å². The summed E-state index contributed by atoms with van der Waals surface area (Å²) in [4.78, 5) is 52.0. The van der Waals surface area contributed by atoms with E-state index >= 15 is 0 Å². The number of hydrogen-bond acceptors (Lipinski definition) is 7. The Balaban J connectivity index is 1.27. The van der Waals surface area contributed by atoms with Gasteiger partial charge in [-0.3, -0.25) is 19.7 Å². The molecular weight excluding hydrogens is 562 g/mol. The standard InChI is InChI=1S/C34H29N3O7/c1-22-7-6-10-25(17-22)35-31(38)21-44-29-16-11-24(19-30(29)42-2)18-28-32(39)36-34(41)37(33(28)40)26-12-14-27(15-13-26)43-20-23-8-4-3-5-9-23/h3-19H,20-21H2,1-2H3,(H,35,38)(H,36,39,41)/b28-18-. The minimum absolute atomic E-state index is 0.248. The molecule has 1 heterocycles. The Kier molecular flexibility index (Phi) is 9.00. The van der Waals surface area contributed by atoms with Gasteiger partial charge in [0.15, 0.2) is 18.1 Å². The molecule has 222 valence electrons. The highest BCUT2D eigenvalue weighted by atomic mass is 16.5. The van der Waals surface area contributed by atoms with Gasteiger partial charge in [0.2, 0.25) is 0 Å². The Morgan fingerprint density at radius 1 is 0.864 bits per heavy atom. The van der Waals surface area contributed by atoms with Crippen LogP contribution in [0.3, 0.4) is 0 Å². The fourth-order valence-electron chi connectivity index (χ4n) is 4.45. The van der Waals surface area contributed by atoms with Gasteiger partial charge in [-0.15, -0.1) is 0 Å². The predicted octanol–water partition coefficient (Wildman–Crippen LogP) is 5.27. The van der Waals surface area contributed by atoms with Crippen LogP contribution in [0.2, 0.25) is 0 Å². The highest BCUT2D eigenvalue weighted by Gasteiger charge is 2.36. The smallest absolute Gasteiger partial charge is 0.335 e. The molecule has 0 aromatic heterocycles. The minimum atomic E-state index is -0.861. The molecule has 4 aromatic rings. The third kappa shape index (κ3) is 7.11. The van der Waals surface area contributed by atoms with Crippen molar-refractivity contribution in [1.29, 1.82) is 0 Å². The first-order chi connectivity index (χ1) is 21.3. The van der Waals surface area contributed by atoms with Crippen molar-refractivity contribution in [3.63, 3.8) is 0 Å². The number of nitrogens with one attached hydrogen (secondary N) is 2. The Morgan fingerprint density at radius 2 is 1.64 bits per heavy atom. The van der Waals surface area contributed by atoms with Crippen molar-refractivity contribution in [2.24, 2.45) is 0 Å². The van der Waals surface area contributed by atoms with Crippen LogP contribution in [0.4, 0.5) is 16.2 Å². The van der Waals surface area contributed by atoms with Crippen LogP contribution >= 0.6 is 0 Å². The fourth-order valence-corrected chi connectivity index (χ4v) is 4.45. The second-order valence-electron chi connectivity index (χ2n) is 9.84. The zero-order chi connectivity index (χ0) is 31.1. The molecule has 0 saturated carbocycles. The van der Waals surface area contributed by atoms with E-state index in [2.05, 4.69) is 10.6 Å². The van der Waals surface area contributed by atoms with Crippen LogP contribution in [0, 0.1) is 6.92 Å². The van der Waals surface area contributed by atoms with Gasteiger partial charge in [-0.2, -0.15) is 0 Å². The molecule has 5 amide bonds. The number of methoxy groups -OCH3 is 1. The maximum atomic E-state index is 13.4. The first-order valence-electron chi connectivity index (χ1n) is 13.7. The van der Waals surface area contributed by atoms with Gasteiger partial charge in [-0.05, 0) is 78.2 Å². The van der Waals surface area contributed by atoms with Crippen molar-refractivity contribution >= 4 is 41.2 Å². The minimum Gasteiger partial charge on any atom is -0.493 e. The summed E-state index contributed by atoms with van der Waals surface area (Å²) in [5.41, 5.74) is 3.12. The van der Waals surface area contributed by atoms with E-state index in [4.69, 9.17) is 14.2 Å². The van der Waals surface area contributed by atoms with Gasteiger partial charge in [0, 0.05) is 5.69 Å². The topological polar surface area (TPSA) is 123 Å². The maximum Gasteiger partial charge on any atom is 0.335 e. The number of imide groups is 2. The molecule has 1 aliphatic heterocycles. The lowest BCUT2D eigenvalue weighted by Crippen LogP contribution is -2.54. The van der Waals surface area contributed by atoms with Gasteiger partial charge in [0.25, 0.3) is 17.7 Å². The molecule has 1 fully saturated rings. The number of ether oxygens (including phenoxy) is 3. The number of carbonyl (C=O) groups excluding carboxylic acids is 4. The van der Waals surface area contributed by atoms with Crippen LogP contribution in [0.25, 0.3) is 6.08 Å². The summed E-state index contributed by atoms with van der Waals surface area (Å²) in [6.07, 6.45) is 1.35. The molecule has 10 nitrogen and oxygen atoms in total. The summed E-state index contributed by atoms with van der Waals surface area (Å²) in [6, 6.07) is 27.3. The maximum absolute atomic E-state index is 13.4. The van der Waals surface area contributed by atoms with Crippen LogP contribution in [0.15, 0.2) is 103 Å². The predicted molar refractivity (Wildman–Crippen MR) is 165 cm³/mol. The Bertz CT molecular complexity index is 1730. The lowest BCUT2D eigenvalue weighted by Gasteiger charge is -2.26. The summed E-state index contributed by atoms with van der Waals surface area (Å²) in [7, 11) is 1.43. The normalized spacial score (nSPS) is 13.8. The van der Waals surface area contributed by atoms with E-state index in [9.17, 15) is 19.2 Å². The molecule has 0 aliphatic carbocycles. The molecule has 5 rings (SSSR count). The highest BCUT2D eigenvalue weighted by Crippen LogP contribution is 2.30. The van der Waals surface area contributed by atoms with Crippen molar-refractivity contribution in [3.8, 4) is 17.2 Å². The molecule has 1 saturated heterocycles. The van der Waals surface area contributed by atoms with Crippen LogP contribution in [0.1, 0.15) is 16.7 Å². The van der Waals surface area contributed by atoms with Crippen molar-refractivity contribution in [1.82, 2.24) is 5.32 Å².